The van der Waals surface area contributed by atoms with Crippen molar-refractivity contribution in [1.82, 2.24) is 9.97 Å². The molecule has 1 fully saturated rings. The molecular weight excluding hydrogens is 312 g/mol. The summed E-state index contributed by atoms with van der Waals surface area (Å²) in [5, 5.41) is 9.52. The van der Waals surface area contributed by atoms with Crippen LogP contribution >= 0.6 is 11.6 Å². The predicted molar refractivity (Wildman–Crippen MR) is 78.9 cm³/mol. The van der Waals surface area contributed by atoms with E-state index in [9.17, 15) is 9.00 Å². The highest BCUT2D eigenvalue weighted by molar-refractivity contribution is 7.86. The third kappa shape index (κ3) is 2.82. The van der Waals surface area contributed by atoms with Gasteiger partial charge in [-0.25, -0.2) is 14.8 Å². The van der Waals surface area contributed by atoms with Crippen LogP contribution in [0.4, 0.5) is 0 Å². The average molecular weight is 323 g/mol. The van der Waals surface area contributed by atoms with Gasteiger partial charge in [-0.05, 0) is 25.0 Å². The molecule has 21 heavy (non-hydrogen) atoms. The molecule has 0 saturated heterocycles. The van der Waals surface area contributed by atoms with E-state index < -0.39 is 16.8 Å². The Hall–Kier alpha value is -1.79. The van der Waals surface area contributed by atoms with Crippen molar-refractivity contribution in [3.05, 3.63) is 41.3 Å². The first-order chi connectivity index (χ1) is 10.1. The van der Waals surface area contributed by atoms with E-state index in [1.54, 1.807) is 24.3 Å². The molecule has 0 radical (unpaired) electrons. The number of carboxylic acids is 1. The highest BCUT2D eigenvalue weighted by atomic mass is 35.5. The second-order valence-corrected chi connectivity index (χ2v) is 6.76. The van der Waals surface area contributed by atoms with Crippen LogP contribution in [0.25, 0.3) is 11.3 Å². The fourth-order valence-corrected chi connectivity index (χ4v) is 3.93. The monoisotopic (exact) mass is 322 g/mol. The summed E-state index contributed by atoms with van der Waals surface area (Å²) in [6.07, 6.45) is 3.21. The minimum absolute atomic E-state index is 0.129. The van der Waals surface area contributed by atoms with Crippen molar-refractivity contribution in [3.8, 4) is 11.3 Å². The summed E-state index contributed by atoms with van der Waals surface area (Å²) in [4.78, 5) is 19.2. The molecule has 0 amide bonds. The van der Waals surface area contributed by atoms with Crippen LogP contribution in [0.3, 0.4) is 0 Å². The first-order valence-electron chi connectivity index (χ1n) is 6.33. The van der Waals surface area contributed by atoms with E-state index in [2.05, 4.69) is 9.97 Å². The number of nitrogens with zero attached hydrogens (tertiary/aromatic N) is 2. The van der Waals surface area contributed by atoms with Gasteiger partial charge in [-0.15, -0.1) is 0 Å². The zero-order valence-corrected chi connectivity index (χ0v) is 12.4. The number of hydrogen-bond acceptors (Lipinski definition) is 4. The van der Waals surface area contributed by atoms with Gasteiger partial charge in [0.15, 0.2) is 0 Å². The van der Waals surface area contributed by atoms with Gasteiger partial charge in [0.1, 0.15) is 0 Å². The van der Waals surface area contributed by atoms with Crippen LogP contribution in [0.5, 0.6) is 0 Å². The molecular formula is C14H11ClN2O3S. The van der Waals surface area contributed by atoms with Gasteiger partial charge >= 0.3 is 5.97 Å². The maximum absolute atomic E-state index is 12.5. The number of aromatic nitrogens is 2. The van der Waals surface area contributed by atoms with E-state index in [-0.39, 0.29) is 11.1 Å². The first kappa shape index (κ1) is 14.2. The Kier molecular flexibility index (Phi) is 3.73. The fourth-order valence-electron chi connectivity index (χ4n) is 1.98. The van der Waals surface area contributed by atoms with Crippen molar-refractivity contribution in [3.63, 3.8) is 0 Å². The van der Waals surface area contributed by atoms with Crippen molar-refractivity contribution in [2.24, 2.45) is 0 Å². The number of rotatable bonds is 4. The van der Waals surface area contributed by atoms with Crippen molar-refractivity contribution < 1.29 is 14.1 Å². The summed E-state index contributed by atoms with van der Waals surface area (Å²) in [6.45, 7) is 0. The Morgan fingerprint density at radius 1 is 1.33 bits per heavy atom. The van der Waals surface area contributed by atoms with Crippen LogP contribution in [0, 0.1) is 0 Å². The van der Waals surface area contributed by atoms with Crippen LogP contribution in [0.2, 0.25) is 5.02 Å². The lowest BCUT2D eigenvalue weighted by Crippen LogP contribution is -2.06. The molecule has 1 atom stereocenters. The summed E-state index contributed by atoms with van der Waals surface area (Å²) in [5.41, 5.74) is 1.01. The Morgan fingerprint density at radius 2 is 2.10 bits per heavy atom. The van der Waals surface area contributed by atoms with Crippen molar-refractivity contribution >= 4 is 28.4 Å². The maximum atomic E-state index is 12.5. The molecule has 1 saturated carbocycles. The van der Waals surface area contributed by atoms with Gasteiger partial charge in [-0.1, -0.05) is 23.7 Å². The first-order valence-corrected chi connectivity index (χ1v) is 7.93. The van der Waals surface area contributed by atoms with Crippen LogP contribution in [0.15, 0.2) is 35.4 Å². The molecule has 2 aromatic rings. The van der Waals surface area contributed by atoms with Crippen molar-refractivity contribution in [1.29, 1.82) is 0 Å². The second-order valence-electron chi connectivity index (χ2n) is 4.68. The SMILES string of the molecule is O=C(O)c1nccc(-c2cccc(Cl)c2S(=O)C2CC2)n1. The third-order valence-electron chi connectivity index (χ3n) is 3.12. The van der Waals surface area contributed by atoms with E-state index in [4.69, 9.17) is 16.7 Å². The molecule has 7 heteroatoms. The van der Waals surface area contributed by atoms with Crippen LogP contribution in [-0.4, -0.2) is 30.5 Å². The number of hydrogen-bond donors (Lipinski definition) is 1. The fraction of sp³-hybridized carbons (Fsp3) is 0.214. The van der Waals surface area contributed by atoms with Gasteiger partial charge in [0.2, 0.25) is 5.82 Å². The average Bonchev–Trinajstić information content (AvgIpc) is 3.31. The van der Waals surface area contributed by atoms with Gasteiger partial charge in [-0.3, -0.25) is 4.21 Å². The summed E-state index contributed by atoms with van der Waals surface area (Å²) in [5.74, 6) is -1.50. The Morgan fingerprint density at radius 3 is 2.76 bits per heavy atom. The summed E-state index contributed by atoms with van der Waals surface area (Å²) >= 11 is 6.20. The second kappa shape index (κ2) is 5.54. The standard InChI is InChI=1S/C14H11ClN2O3S/c15-10-3-1-2-9(12(10)21(20)8-4-5-8)11-6-7-16-13(17-11)14(18)19/h1-3,6-8H,4-5H2,(H,18,19). The number of carboxylic acid groups (broad SMARTS) is 1. The Balaban J connectivity index is 2.14. The smallest absolute Gasteiger partial charge is 0.373 e. The third-order valence-corrected chi connectivity index (χ3v) is 5.46. The van der Waals surface area contributed by atoms with Gasteiger partial charge in [0.05, 0.1) is 26.4 Å². The van der Waals surface area contributed by atoms with Crippen LogP contribution in [0.1, 0.15) is 23.5 Å². The molecule has 0 bridgehead atoms. The quantitative estimate of drug-likeness (QED) is 0.936. The zero-order valence-electron chi connectivity index (χ0n) is 10.8. The lowest BCUT2D eigenvalue weighted by atomic mass is 10.1. The number of halogens is 1. The van der Waals surface area contributed by atoms with Crippen molar-refractivity contribution in [2.45, 2.75) is 23.0 Å². The zero-order chi connectivity index (χ0) is 15.0. The van der Waals surface area contributed by atoms with Gasteiger partial charge in [0.25, 0.3) is 0 Å². The minimum atomic E-state index is -1.20. The predicted octanol–water partition coefficient (Wildman–Crippen LogP) is 2.77. The minimum Gasteiger partial charge on any atom is -0.475 e. The van der Waals surface area contributed by atoms with Gasteiger partial charge in [0, 0.05) is 17.0 Å². The van der Waals surface area contributed by atoms with E-state index in [1.807, 2.05) is 0 Å². The number of benzene rings is 1. The molecule has 1 heterocycles. The van der Waals surface area contributed by atoms with E-state index in [1.165, 1.54) is 6.20 Å². The van der Waals surface area contributed by atoms with E-state index in [0.717, 1.165) is 12.8 Å². The molecule has 1 unspecified atom stereocenters. The van der Waals surface area contributed by atoms with Gasteiger partial charge < -0.3 is 5.11 Å². The highest BCUT2D eigenvalue weighted by Crippen LogP contribution is 2.38. The molecule has 1 N–H and O–H groups in total. The van der Waals surface area contributed by atoms with Crippen molar-refractivity contribution in [2.75, 3.05) is 0 Å². The molecule has 0 aliphatic heterocycles. The molecule has 0 spiro atoms. The van der Waals surface area contributed by atoms with E-state index >= 15 is 0 Å². The normalized spacial score (nSPS) is 15.7. The molecule has 3 rings (SSSR count). The topological polar surface area (TPSA) is 80.1 Å². The lowest BCUT2D eigenvalue weighted by Gasteiger charge is -2.10. The number of carbonyl (C=O) groups is 1. The molecule has 108 valence electrons. The largest absolute Gasteiger partial charge is 0.475 e. The molecule has 5 nitrogen and oxygen atoms in total. The van der Waals surface area contributed by atoms with Gasteiger partial charge in [-0.2, -0.15) is 0 Å². The highest BCUT2D eigenvalue weighted by Gasteiger charge is 2.32. The summed E-state index contributed by atoms with van der Waals surface area (Å²) in [6, 6.07) is 6.74. The van der Waals surface area contributed by atoms with Crippen LogP contribution < -0.4 is 0 Å². The summed E-state index contributed by atoms with van der Waals surface area (Å²) < 4.78 is 12.5. The molecule has 1 aromatic heterocycles. The number of aromatic carboxylic acids is 1. The van der Waals surface area contributed by atoms with E-state index in [0.29, 0.717) is 21.2 Å². The Bertz CT molecular complexity index is 747. The molecule has 1 aliphatic carbocycles. The van der Waals surface area contributed by atoms with Crippen LogP contribution in [-0.2, 0) is 10.8 Å². The molecule has 1 aromatic carbocycles. The lowest BCUT2D eigenvalue weighted by molar-refractivity contribution is 0.0683. The maximum Gasteiger partial charge on any atom is 0.373 e. The Labute approximate surface area is 128 Å². The summed E-state index contributed by atoms with van der Waals surface area (Å²) in [7, 11) is -1.20. The molecule has 1 aliphatic rings.